The van der Waals surface area contributed by atoms with Gasteiger partial charge < -0.3 is 15.3 Å². The van der Waals surface area contributed by atoms with E-state index in [1.807, 2.05) is 25.1 Å². The highest BCUT2D eigenvalue weighted by molar-refractivity contribution is 6.30. The molecule has 4 rings (SSSR count). The lowest BCUT2D eigenvalue weighted by molar-refractivity contribution is -0.114. The third kappa shape index (κ3) is 5.14. The second-order valence-electron chi connectivity index (χ2n) is 9.21. The number of amides is 1. The highest BCUT2D eigenvalue weighted by Crippen LogP contribution is 2.44. The molecule has 1 amide bonds. The number of halogens is 2. The molecule has 1 aliphatic carbocycles. The van der Waals surface area contributed by atoms with E-state index in [0.717, 1.165) is 42.5 Å². The molecule has 0 bridgehead atoms. The molecule has 1 saturated carbocycles. The van der Waals surface area contributed by atoms with Crippen LogP contribution in [0.1, 0.15) is 49.8 Å². The van der Waals surface area contributed by atoms with Crippen LogP contribution >= 0.6 is 11.6 Å². The van der Waals surface area contributed by atoms with Crippen molar-refractivity contribution in [2.45, 2.75) is 52.1 Å². The van der Waals surface area contributed by atoms with Crippen molar-refractivity contribution in [1.82, 2.24) is 9.88 Å². The third-order valence-corrected chi connectivity index (χ3v) is 6.82. The number of pyridine rings is 1. The Morgan fingerprint density at radius 3 is 2.64 bits per heavy atom. The maximum absolute atomic E-state index is 14.1. The minimum Gasteiger partial charge on any atom is -0.386 e. The van der Waals surface area contributed by atoms with Crippen molar-refractivity contribution in [1.29, 1.82) is 5.41 Å². The molecule has 36 heavy (non-hydrogen) atoms. The molecule has 1 aromatic carbocycles. The quantitative estimate of drug-likeness (QED) is 0.250. The predicted octanol–water partition coefficient (Wildman–Crippen LogP) is 5.10. The normalized spacial score (nSPS) is 18.2. The van der Waals surface area contributed by atoms with Crippen LogP contribution in [-0.4, -0.2) is 36.1 Å². The van der Waals surface area contributed by atoms with E-state index in [0.29, 0.717) is 34.0 Å². The number of unbranched alkanes of at least 4 members (excludes halogenated alkanes) is 1. The van der Waals surface area contributed by atoms with Crippen LogP contribution in [0.3, 0.4) is 0 Å². The summed E-state index contributed by atoms with van der Waals surface area (Å²) in [7, 11) is 0. The smallest absolute Gasteiger partial charge is 0.262 e. The predicted molar refractivity (Wildman–Crippen MR) is 142 cm³/mol. The minimum absolute atomic E-state index is 0.0659. The summed E-state index contributed by atoms with van der Waals surface area (Å²) in [5.41, 5.74) is 4.26. The molecule has 1 fully saturated rings. The average molecular weight is 511 g/mol. The van der Waals surface area contributed by atoms with Crippen molar-refractivity contribution >= 4 is 35.6 Å². The first-order valence-electron chi connectivity index (χ1n) is 12.3. The molecule has 190 valence electrons. The van der Waals surface area contributed by atoms with Crippen LogP contribution in [0.2, 0.25) is 5.02 Å². The number of nitrogens with zero attached hydrogens (tertiary/aromatic N) is 4. The Kier molecular flexibility index (Phi) is 8.04. The maximum Gasteiger partial charge on any atom is 0.262 e. The Balaban J connectivity index is 1.90. The van der Waals surface area contributed by atoms with E-state index in [1.165, 1.54) is 0 Å². The van der Waals surface area contributed by atoms with Crippen LogP contribution < -0.4 is 15.7 Å². The Hall–Kier alpha value is -3.26. The molecule has 7 nitrogen and oxygen atoms in total. The van der Waals surface area contributed by atoms with Crippen LogP contribution in [0.25, 0.3) is 0 Å². The molecular weight excluding hydrogens is 479 g/mol. The first-order valence-corrected chi connectivity index (χ1v) is 12.7. The number of carbonyl (C=O) groups excluding carboxylic acids is 1. The Morgan fingerprint density at radius 2 is 2.03 bits per heavy atom. The lowest BCUT2D eigenvalue weighted by atomic mass is 9.99. The van der Waals surface area contributed by atoms with Gasteiger partial charge in [0.2, 0.25) is 0 Å². The van der Waals surface area contributed by atoms with Crippen molar-refractivity contribution in [3.05, 3.63) is 69.4 Å². The Morgan fingerprint density at radius 1 is 1.31 bits per heavy atom. The second kappa shape index (κ2) is 11.2. The van der Waals surface area contributed by atoms with Gasteiger partial charge >= 0.3 is 0 Å². The molecule has 1 atom stereocenters. The molecular formula is C27H32ClFN6O. The van der Waals surface area contributed by atoms with Gasteiger partial charge in [0.05, 0.1) is 23.5 Å². The van der Waals surface area contributed by atoms with Crippen molar-refractivity contribution in [2.75, 3.05) is 18.1 Å². The fraction of sp³-hybridized carbons (Fsp3) is 0.407. The van der Waals surface area contributed by atoms with Crippen molar-refractivity contribution < 1.29 is 9.18 Å². The standard InChI is InChI=1S/C27H32ClFN6O/c1-4-5-13-32-24-22(23(30)18-6-7-18)27(36)35(25(24)19-8-10-20(28)11-9-19)21-15-17(2)26(33-31-3)34(16-21)14-12-29/h8-11,15-16,18,25,30,32H,3-7,12-14H2,1-2H3/b30-23?,33-26-. The summed E-state index contributed by atoms with van der Waals surface area (Å²) in [5, 5.41) is 20.7. The highest BCUT2D eigenvalue weighted by atomic mass is 35.5. The van der Waals surface area contributed by atoms with Crippen molar-refractivity contribution in [3.63, 3.8) is 0 Å². The zero-order valence-corrected chi connectivity index (χ0v) is 21.5. The van der Waals surface area contributed by atoms with Crippen LogP contribution in [0.15, 0.2) is 58.0 Å². The Labute approximate surface area is 215 Å². The summed E-state index contributed by atoms with van der Waals surface area (Å²) in [6.45, 7) is 7.56. The summed E-state index contributed by atoms with van der Waals surface area (Å²) >= 11 is 6.19. The second-order valence-corrected chi connectivity index (χ2v) is 9.65. The summed E-state index contributed by atoms with van der Waals surface area (Å²) < 4.78 is 15.1. The van der Waals surface area contributed by atoms with Gasteiger partial charge in [0.1, 0.15) is 12.7 Å². The van der Waals surface area contributed by atoms with E-state index in [4.69, 9.17) is 17.0 Å². The molecule has 1 aliphatic heterocycles. The molecule has 0 radical (unpaired) electrons. The fourth-order valence-electron chi connectivity index (χ4n) is 4.63. The molecule has 2 heterocycles. The number of anilines is 1. The highest BCUT2D eigenvalue weighted by Gasteiger charge is 2.45. The van der Waals surface area contributed by atoms with Crippen LogP contribution in [0, 0.1) is 18.3 Å². The molecule has 2 N–H and O–H groups in total. The number of hydrogen-bond donors (Lipinski definition) is 2. The lowest BCUT2D eigenvalue weighted by Gasteiger charge is -2.29. The molecule has 1 unspecified atom stereocenters. The van der Waals surface area contributed by atoms with Gasteiger partial charge in [0, 0.05) is 36.1 Å². The van der Waals surface area contributed by atoms with E-state index < -0.39 is 12.7 Å². The molecule has 0 spiro atoms. The van der Waals surface area contributed by atoms with E-state index in [2.05, 4.69) is 29.2 Å². The first-order chi connectivity index (χ1) is 17.4. The number of hydrogen-bond acceptors (Lipinski definition) is 5. The van der Waals surface area contributed by atoms with Gasteiger partial charge in [0.15, 0.2) is 5.49 Å². The van der Waals surface area contributed by atoms with Crippen LogP contribution in [-0.2, 0) is 11.3 Å². The van der Waals surface area contributed by atoms with Crippen molar-refractivity contribution in [2.24, 2.45) is 16.1 Å². The fourth-order valence-corrected chi connectivity index (χ4v) is 4.76. The van der Waals surface area contributed by atoms with Gasteiger partial charge in [-0.2, -0.15) is 5.10 Å². The van der Waals surface area contributed by atoms with Crippen LogP contribution in [0.4, 0.5) is 10.1 Å². The number of aromatic nitrogens is 1. The zero-order valence-electron chi connectivity index (χ0n) is 20.7. The first kappa shape index (κ1) is 25.8. The zero-order chi connectivity index (χ0) is 25.8. The molecule has 1 aromatic heterocycles. The SMILES string of the molecule is C=N/N=c1/c(C)cc(N2C(=O)C(C(=N)C3CC3)=C(NCCCC)C2c2ccc(Cl)cc2)cn1CCF. The van der Waals surface area contributed by atoms with E-state index in [9.17, 15) is 9.18 Å². The van der Waals surface area contributed by atoms with E-state index >= 15 is 0 Å². The maximum atomic E-state index is 14.1. The number of carbonyl (C=O) groups is 1. The molecule has 2 aromatic rings. The summed E-state index contributed by atoms with van der Waals surface area (Å²) in [5.74, 6) is -0.126. The third-order valence-electron chi connectivity index (χ3n) is 6.57. The number of rotatable bonds is 11. The average Bonchev–Trinajstić information content (AvgIpc) is 3.66. The van der Waals surface area contributed by atoms with Crippen LogP contribution in [0.5, 0.6) is 0 Å². The van der Waals surface area contributed by atoms with Gasteiger partial charge in [-0.05, 0) is 55.5 Å². The van der Waals surface area contributed by atoms with Gasteiger partial charge in [-0.25, -0.2) is 4.39 Å². The van der Waals surface area contributed by atoms with Gasteiger partial charge in [0.25, 0.3) is 5.91 Å². The van der Waals surface area contributed by atoms with Gasteiger partial charge in [-0.1, -0.05) is 37.1 Å². The number of alkyl halides is 1. The van der Waals surface area contributed by atoms with E-state index in [1.54, 1.807) is 27.8 Å². The number of benzene rings is 1. The summed E-state index contributed by atoms with van der Waals surface area (Å²) in [4.78, 5) is 15.8. The Bertz CT molecular complexity index is 1260. The number of aryl methyl sites for hydroxylation is 2. The lowest BCUT2D eigenvalue weighted by Crippen LogP contribution is -2.34. The summed E-state index contributed by atoms with van der Waals surface area (Å²) in [6, 6.07) is 8.81. The van der Waals surface area contributed by atoms with Crippen molar-refractivity contribution in [3.8, 4) is 0 Å². The number of nitrogens with one attached hydrogen (secondary N) is 2. The van der Waals surface area contributed by atoms with E-state index in [-0.39, 0.29) is 18.4 Å². The summed E-state index contributed by atoms with van der Waals surface area (Å²) in [6.07, 6.45) is 5.51. The van der Waals surface area contributed by atoms with Gasteiger partial charge in [-0.15, -0.1) is 5.10 Å². The van der Waals surface area contributed by atoms with Gasteiger partial charge in [-0.3, -0.25) is 9.69 Å². The molecule has 0 saturated heterocycles. The molecule has 2 aliphatic rings. The monoisotopic (exact) mass is 510 g/mol. The molecule has 9 heteroatoms. The minimum atomic E-state index is -0.596. The largest absolute Gasteiger partial charge is 0.386 e. The topological polar surface area (TPSA) is 85.8 Å².